The molecule has 1 fully saturated rings. The van der Waals surface area contributed by atoms with Gasteiger partial charge in [-0.25, -0.2) is 0 Å². The van der Waals surface area contributed by atoms with Crippen molar-refractivity contribution in [1.29, 1.82) is 0 Å². The highest BCUT2D eigenvalue weighted by atomic mass is 16.5. The van der Waals surface area contributed by atoms with Crippen LogP contribution in [-0.4, -0.2) is 12.2 Å². The molecule has 0 saturated carbocycles. The Morgan fingerprint density at radius 1 is 0.917 bits per heavy atom. The molecule has 1 aliphatic heterocycles. The Morgan fingerprint density at radius 3 is 2.00 bits per heavy atom. The summed E-state index contributed by atoms with van der Waals surface area (Å²) in [4.78, 5) is 0. The Kier molecular flexibility index (Phi) is 3.16. The molecule has 0 N–H and O–H groups in total. The molecule has 1 nitrogen and oxygen atoms in total. The van der Waals surface area contributed by atoms with Crippen molar-refractivity contribution in [2.75, 3.05) is 0 Å². The summed E-state index contributed by atoms with van der Waals surface area (Å²) >= 11 is 0. The third-order valence-corrected chi connectivity index (χ3v) is 3.78. The average Bonchev–Trinajstić information content (AvgIpc) is 2.08. The van der Waals surface area contributed by atoms with Crippen LogP contribution >= 0.6 is 0 Å². The molecule has 0 aromatic carbocycles. The number of hydrogen-bond acceptors (Lipinski definition) is 1. The van der Waals surface area contributed by atoms with E-state index in [0.717, 1.165) is 18.3 Å². The summed E-state index contributed by atoms with van der Waals surface area (Å²) in [6.07, 6.45) is 2.09. The van der Waals surface area contributed by atoms with Gasteiger partial charge in [-0.15, -0.1) is 0 Å². The highest BCUT2D eigenvalue weighted by molar-refractivity contribution is 4.83. The van der Waals surface area contributed by atoms with Crippen molar-refractivity contribution in [2.24, 2.45) is 17.8 Å². The van der Waals surface area contributed by atoms with Crippen molar-refractivity contribution in [3.8, 4) is 0 Å². The van der Waals surface area contributed by atoms with Gasteiger partial charge in [0.2, 0.25) is 0 Å². The number of rotatable bonds is 1. The first-order valence-corrected chi connectivity index (χ1v) is 5.23. The highest BCUT2D eigenvalue weighted by Gasteiger charge is 2.35. The summed E-state index contributed by atoms with van der Waals surface area (Å²) in [6, 6.07) is 0. The summed E-state index contributed by atoms with van der Waals surface area (Å²) in [5.74, 6) is 2.24. The summed E-state index contributed by atoms with van der Waals surface area (Å²) < 4.78 is 5.93. The van der Waals surface area contributed by atoms with E-state index in [2.05, 4.69) is 34.6 Å². The summed E-state index contributed by atoms with van der Waals surface area (Å²) in [5, 5.41) is 0. The Hall–Kier alpha value is -0.0400. The molecule has 0 radical (unpaired) electrons. The molecule has 12 heavy (non-hydrogen) atoms. The quantitative estimate of drug-likeness (QED) is 0.587. The third-order valence-electron chi connectivity index (χ3n) is 3.78. The fourth-order valence-corrected chi connectivity index (χ4v) is 2.24. The fraction of sp³-hybridized carbons (Fsp3) is 1.00. The second-order valence-electron chi connectivity index (χ2n) is 4.37. The van der Waals surface area contributed by atoms with Crippen LogP contribution in [0.25, 0.3) is 0 Å². The van der Waals surface area contributed by atoms with Gasteiger partial charge < -0.3 is 4.74 Å². The van der Waals surface area contributed by atoms with Crippen molar-refractivity contribution < 1.29 is 4.74 Å². The van der Waals surface area contributed by atoms with Crippen LogP contribution in [0.3, 0.4) is 0 Å². The lowest BCUT2D eigenvalue weighted by molar-refractivity contribution is -0.125. The highest BCUT2D eigenvalue weighted by Crippen LogP contribution is 2.35. The zero-order valence-corrected chi connectivity index (χ0v) is 9.00. The maximum Gasteiger partial charge on any atom is 0.0604 e. The van der Waals surface area contributed by atoms with Crippen molar-refractivity contribution in [3.63, 3.8) is 0 Å². The second kappa shape index (κ2) is 3.78. The first-order chi connectivity index (χ1) is 5.57. The predicted molar refractivity (Wildman–Crippen MR) is 52.1 cm³/mol. The standard InChI is InChI=1S/C11H22O/c1-6-11-9(4)7(2)8(3)10(5)12-11/h7-11H,6H2,1-5H3/t7-,8-,9+,10-,11-/m1/s1. The Labute approximate surface area is 76.5 Å². The van der Waals surface area contributed by atoms with E-state index in [4.69, 9.17) is 4.74 Å². The predicted octanol–water partition coefficient (Wildman–Crippen LogP) is 3.09. The van der Waals surface area contributed by atoms with Gasteiger partial charge in [0.05, 0.1) is 12.2 Å². The molecule has 1 aliphatic rings. The van der Waals surface area contributed by atoms with Crippen molar-refractivity contribution in [3.05, 3.63) is 0 Å². The van der Waals surface area contributed by atoms with Gasteiger partial charge in [-0.3, -0.25) is 0 Å². The van der Waals surface area contributed by atoms with Gasteiger partial charge in [-0.2, -0.15) is 0 Å². The van der Waals surface area contributed by atoms with E-state index in [-0.39, 0.29) is 0 Å². The average molecular weight is 170 g/mol. The van der Waals surface area contributed by atoms with Crippen molar-refractivity contribution >= 4 is 0 Å². The van der Waals surface area contributed by atoms with Crippen LogP contribution in [0.15, 0.2) is 0 Å². The van der Waals surface area contributed by atoms with Crippen molar-refractivity contribution in [2.45, 2.75) is 53.2 Å². The molecule has 1 saturated heterocycles. The summed E-state index contributed by atoms with van der Waals surface area (Å²) in [5.41, 5.74) is 0. The summed E-state index contributed by atoms with van der Waals surface area (Å²) in [7, 11) is 0. The Balaban J connectivity index is 2.63. The molecular weight excluding hydrogens is 148 g/mol. The lowest BCUT2D eigenvalue weighted by atomic mass is 9.76. The number of hydrogen-bond donors (Lipinski definition) is 0. The normalized spacial score (nSPS) is 49.2. The van der Waals surface area contributed by atoms with Gasteiger partial charge in [-0.1, -0.05) is 27.7 Å². The van der Waals surface area contributed by atoms with Gasteiger partial charge in [0, 0.05) is 0 Å². The number of ether oxygens (including phenoxy) is 1. The van der Waals surface area contributed by atoms with Crippen LogP contribution in [0.5, 0.6) is 0 Å². The van der Waals surface area contributed by atoms with Crippen LogP contribution in [0, 0.1) is 17.8 Å². The molecule has 5 atom stereocenters. The van der Waals surface area contributed by atoms with E-state index in [1.165, 1.54) is 0 Å². The summed E-state index contributed by atoms with van der Waals surface area (Å²) in [6.45, 7) is 11.4. The molecule has 0 aliphatic carbocycles. The van der Waals surface area contributed by atoms with Crippen LogP contribution in [0.2, 0.25) is 0 Å². The SMILES string of the molecule is CC[C@H]1O[C@H](C)[C@H](C)[C@@H](C)[C@@H]1C. The minimum Gasteiger partial charge on any atom is -0.375 e. The maximum atomic E-state index is 5.93. The van der Waals surface area contributed by atoms with Crippen LogP contribution < -0.4 is 0 Å². The van der Waals surface area contributed by atoms with Gasteiger partial charge in [0.25, 0.3) is 0 Å². The molecule has 1 rings (SSSR count). The fourth-order valence-electron chi connectivity index (χ4n) is 2.24. The third kappa shape index (κ3) is 1.66. The lowest BCUT2D eigenvalue weighted by Crippen LogP contribution is -2.42. The van der Waals surface area contributed by atoms with Crippen LogP contribution in [-0.2, 0) is 4.74 Å². The van der Waals surface area contributed by atoms with Gasteiger partial charge in [0.15, 0.2) is 0 Å². The monoisotopic (exact) mass is 170 g/mol. The molecule has 0 spiro atoms. The Bertz CT molecular complexity index is 139. The molecule has 0 bridgehead atoms. The largest absolute Gasteiger partial charge is 0.375 e. The van der Waals surface area contributed by atoms with E-state index in [1.54, 1.807) is 0 Å². The van der Waals surface area contributed by atoms with E-state index < -0.39 is 0 Å². The molecule has 0 aromatic rings. The van der Waals surface area contributed by atoms with Gasteiger partial charge in [-0.05, 0) is 31.1 Å². The van der Waals surface area contributed by atoms with Crippen molar-refractivity contribution in [1.82, 2.24) is 0 Å². The lowest BCUT2D eigenvalue weighted by Gasteiger charge is -2.42. The van der Waals surface area contributed by atoms with E-state index in [1.807, 2.05) is 0 Å². The zero-order valence-electron chi connectivity index (χ0n) is 9.00. The topological polar surface area (TPSA) is 9.23 Å². The second-order valence-corrected chi connectivity index (χ2v) is 4.37. The maximum absolute atomic E-state index is 5.93. The van der Waals surface area contributed by atoms with E-state index >= 15 is 0 Å². The smallest absolute Gasteiger partial charge is 0.0604 e. The first kappa shape index (κ1) is 10.0. The molecule has 1 heteroatoms. The first-order valence-electron chi connectivity index (χ1n) is 5.23. The molecular formula is C11H22O. The minimum atomic E-state index is 0.446. The van der Waals surface area contributed by atoms with E-state index in [0.29, 0.717) is 18.1 Å². The van der Waals surface area contributed by atoms with Crippen LogP contribution in [0.4, 0.5) is 0 Å². The molecule has 0 aromatic heterocycles. The van der Waals surface area contributed by atoms with Gasteiger partial charge >= 0.3 is 0 Å². The van der Waals surface area contributed by atoms with Gasteiger partial charge in [0.1, 0.15) is 0 Å². The Morgan fingerprint density at radius 2 is 1.50 bits per heavy atom. The van der Waals surface area contributed by atoms with Crippen LogP contribution in [0.1, 0.15) is 41.0 Å². The van der Waals surface area contributed by atoms with E-state index in [9.17, 15) is 0 Å². The minimum absolute atomic E-state index is 0.446. The molecule has 0 unspecified atom stereocenters. The molecule has 0 amide bonds. The zero-order chi connectivity index (χ0) is 9.30. The molecule has 72 valence electrons. The molecule has 1 heterocycles.